The molecule has 31 heavy (non-hydrogen) atoms. The molecule has 3 rings (SSSR count). The minimum absolute atomic E-state index is 0.0489. The van der Waals surface area contributed by atoms with Gasteiger partial charge in [0.25, 0.3) is 0 Å². The Bertz CT molecular complexity index is 1100. The highest BCUT2D eigenvalue weighted by Crippen LogP contribution is 2.23. The standard InChI is InChI=1S/C21H18F3N5O2/c1-14-2-3-15(8-18(14)31-13-21(22,23)24)9-20(30)27-19-6-7-29(28-19)12-17-5-4-16(10-25)11-26-17/h2-8,11H,9,12-13H2,1H3,(H,27,28,30). The number of pyridine rings is 1. The monoisotopic (exact) mass is 429 g/mol. The van der Waals surface area contributed by atoms with E-state index in [2.05, 4.69) is 15.4 Å². The summed E-state index contributed by atoms with van der Waals surface area (Å²) in [4.78, 5) is 16.5. The van der Waals surface area contributed by atoms with Crippen LogP contribution in [0, 0.1) is 18.3 Å². The molecule has 0 aliphatic heterocycles. The number of amides is 1. The van der Waals surface area contributed by atoms with E-state index in [9.17, 15) is 18.0 Å². The van der Waals surface area contributed by atoms with Crippen molar-refractivity contribution in [1.29, 1.82) is 5.26 Å². The molecule has 0 unspecified atom stereocenters. The van der Waals surface area contributed by atoms with Crippen molar-refractivity contribution in [3.63, 3.8) is 0 Å². The number of anilines is 1. The largest absolute Gasteiger partial charge is 0.484 e. The van der Waals surface area contributed by atoms with E-state index in [1.807, 2.05) is 6.07 Å². The summed E-state index contributed by atoms with van der Waals surface area (Å²) in [6.45, 7) is 0.597. The molecule has 0 aliphatic carbocycles. The minimum Gasteiger partial charge on any atom is -0.484 e. The quantitative estimate of drug-likeness (QED) is 0.619. The van der Waals surface area contributed by atoms with Crippen LogP contribution in [0.15, 0.2) is 48.8 Å². The molecule has 1 aromatic carbocycles. The second-order valence-corrected chi connectivity index (χ2v) is 6.78. The summed E-state index contributed by atoms with van der Waals surface area (Å²) < 4.78 is 43.6. The number of aryl methyl sites for hydroxylation is 1. The van der Waals surface area contributed by atoms with Gasteiger partial charge in [0.15, 0.2) is 12.4 Å². The number of carbonyl (C=O) groups is 1. The maximum atomic E-state index is 12.4. The van der Waals surface area contributed by atoms with Gasteiger partial charge in [0.1, 0.15) is 11.8 Å². The number of nitrogens with one attached hydrogen (secondary N) is 1. The zero-order valence-electron chi connectivity index (χ0n) is 16.5. The molecule has 0 spiro atoms. The third-order valence-electron chi connectivity index (χ3n) is 4.19. The van der Waals surface area contributed by atoms with Crippen molar-refractivity contribution >= 4 is 11.7 Å². The van der Waals surface area contributed by atoms with E-state index in [1.165, 1.54) is 12.3 Å². The number of rotatable bonds is 7. The summed E-state index contributed by atoms with van der Waals surface area (Å²) in [7, 11) is 0. The van der Waals surface area contributed by atoms with E-state index in [0.29, 0.717) is 34.7 Å². The van der Waals surface area contributed by atoms with Crippen molar-refractivity contribution in [2.45, 2.75) is 26.1 Å². The average Bonchev–Trinajstić information content (AvgIpc) is 3.15. The Kier molecular flexibility index (Phi) is 6.55. The van der Waals surface area contributed by atoms with Gasteiger partial charge >= 0.3 is 6.18 Å². The second-order valence-electron chi connectivity index (χ2n) is 6.78. The van der Waals surface area contributed by atoms with Gasteiger partial charge in [-0.05, 0) is 36.2 Å². The van der Waals surface area contributed by atoms with Crippen LogP contribution in [0.2, 0.25) is 0 Å². The van der Waals surface area contributed by atoms with E-state index in [4.69, 9.17) is 10.00 Å². The molecule has 0 radical (unpaired) electrons. The summed E-state index contributed by atoms with van der Waals surface area (Å²) in [5.41, 5.74) is 2.22. The van der Waals surface area contributed by atoms with E-state index in [1.54, 1.807) is 48.1 Å². The molecule has 10 heteroatoms. The lowest BCUT2D eigenvalue weighted by molar-refractivity contribution is -0.153. The van der Waals surface area contributed by atoms with Gasteiger partial charge in [-0.15, -0.1) is 0 Å². The Balaban J connectivity index is 1.58. The van der Waals surface area contributed by atoms with Crippen molar-refractivity contribution < 1.29 is 22.7 Å². The smallest absolute Gasteiger partial charge is 0.422 e. The highest BCUT2D eigenvalue weighted by Gasteiger charge is 2.28. The SMILES string of the molecule is Cc1ccc(CC(=O)Nc2ccn(Cc3ccc(C#N)cn3)n2)cc1OCC(F)(F)F. The first-order valence-electron chi connectivity index (χ1n) is 9.19. The molecule has 0 fully saturated rings. The molecule has 7 nitrogen and oxygen atoms in total. The molecule has 2 heterocycles. The maximum absolute atomic E-state index is 12.4. The van der Waals surface area contributed by atoms with E-state index in [-0.39, 0.29) is 18.1 Å². The van der Waals surface area contributed by atoms with Crippen LogP contribution in [0.5, 0.6) is 5.75 Å². The number of nitrogens with zero attached hydrogens (tertiary/aromatic N) is 4. The van der Waals surface area contributed by atoms with Gasteiger partial charge in [-0.1, -0.05) is 12.1 Å². The lowest BCUT2D eigenvalue weighted by atomic mass is 10.1. The maximum Gasteiger partial charge on any atom is 0.422 e. The van der Waals surface area contributed by atoms with Crippen LogP contribution in [-0.2, 0) is 17.8 Å². The summed E-state index contributed by atoms with van der Waals surface area (Å²) in [5, 5.41) is 15.7. The molecule has 2 aromatic heterocycles. The third-order valence-corrected chi connectivity index (χ3v) is 4.19. The zero-order valence-corrected chi connectivity index (χ0v) is 16.5. The van der Waals surface area contributed by atoms with Crippen LogP contribution < -0.4 is 10.1 Å². The predicted molar refractivity (Wildman–Crippen MR) is 105 cm³/mol. The normalized spacial score (nSPS) is 11.1. The first kappa shape index (κ1) is 21.8. The van der Waals surface area contributed by atoms with Crippen LogP contribution in [0.4, 0.5) is 19.0 Å². The fraction of sp³-hybridized carbons (Fsp3) is 0.238. The van der Waals surface area contributed by atoms with Gasteiger partial charge in [-0.3, -0.25) is 14.5 Å². The van der Waals surface area contributed by atoms with Crippen molar-refractivity contribution in [1.82, 2.24) is 14.8 Å². The summed E-state index contributed by atoms with van der Waals surface area (Å²) in [5.74, 6) is 0.0495. The van der Waals surface area contributed by atoms with Crippen molar-refractivity contribution in [2.24, 2.45) is 0 Å². The molecule has 160 valence electrons. The molecule has 0 saturated heterocycles. The van der Waals surface area contributed by atoms with E-state index < -0.39 is 12.8 Å². The van der Waals surface area contributed by atoms with Crippen molar-refractivity contribution in [2.75, 3.05) is 11.9 Å². The number of alkyl halides is 3. The minimum atomic E-state index is -4.44. The highest BCUT2D eigenvalue weighted by molar-refractivity contribution is 5.91. The Morgan fingerprint density at radius 3 is 2.74 bits per heavy atom. The molecule has 0 bridgehead atoms. The summed E-state index contributed by atoms with van der Waals surface area (Å²) in [6, 6.07) is 11.7. The number of nitriles is 1. The van der Waals surface area contributed by atoms with Crippen LogP contribution in [0.25, 0.3) is 0 Å². The van der Waals surface area contributed by atoms with Gasteiger partial charge in [-0.25, -0.2) is 0 Å². The Hall–Kier alpha value is -3.87. The van der Waals surface area contributed by atoms with Gasteiger partial charge < -0.3 is 10.1 Å². The number of hydrogen-bond acceptors (Lipinski definition) is 5. The van der Waals surface area contributed by atoms with Crippen LogP contribution in [0.3, 0.4) is 0 Å². The lowest BCUT2D eigenvalue weighted by Gasteiger charge is -2.12. The van der Waals surface area contributed by atoms with Crippen molar-refractivity contribution in [3.8, 4) is 11.8 Å². The highest BCUT2D eigenvalue weighted by atomic mass is 19.4. The molecule has 0 saturated carbocycles. The Morgan fingerprint density at radius 2 is 2.06 bits per heavy atom. The summed E-state index contributed by atoms with van der Waals surface area (Å²) in [6.07, 6.45) is -1.35. The van der Waals surface area contributed by atoms with Gasteiger partial charge in [0, 0.05) is 18.5 Å². The number of carbonyl (C=O) groups excluding carboxylic acids is 1. The Labute approximate surface area is 176 Å². The number of benzene rings is 1. The molecule has 0 aliphatic rings. The van der Waals surface area contributed by atoms with Gasteiger partial charge in [-0.2, -0.15) is 23.5 Å². The first-order valence-corrected chi connectivity index (χ1v) is 9.19. The second kappa shape index (κ2) is 9.30. The first-order chi connectivity index (χ1) is 14.7. The fourth-order valence-corrected chi connectivity index (χ4v) is 2.71. The third kappa shape index (κ3) is 6.57. The topological polar surface area (TPSA) is 92.8 Å². The molecule has 3 aromatic rings. The molecule has 1 N–H and O–H groups in total. The molecule has 1 amide bonds. The zero-order chi connectivity index (χ0) is 22.4. The van der Waals surface area contributed by atoms with Crippen LogP contribution in [-0.4, -0.2) is 33.5 Å². The molecule has 0 atom stereocenters. The van der Waals surface area contributed by atoms with Crippen LogP contribution in [0.1, 0.15) is 22.4 Å². The Morgan fingerprint density at radius 1 is 1.26 bits per heavy atom. The number of ether oxygens (including phenoxy) is 1. The predicted octanol–water partition coefficient (Wildman–Crippen LogP) is 3.63. The van der Waals surface area contributed by atoms with E-state index >= 15 is 0 Å². The van der Waals surface area contributed by atoms with Crippen molar-refractivity contribution in [3.05, 3.63) is 71.2 Å². The van der Waals surface area contributed by atoms with Crippen LogP contribution >= 0.6 is 0 Å². The average molecular weight is 429 g/mol. The number of hydrogen-bond donors (Lipinski definition) is 1. The van der Waals surface area contributed by atoms with Gasteiger partial charge in [0.05, 0.1) is 24.2 Å². The molecular formula is C21H18F3N5O2. The molecular weight excluding hydrogens is 411 g/mol. The van der Waals surface area contributed by atoms with E-state index in [0.717, 1.165) is 0 Å². The van der Waals surface area contributed by atoms with Gasteiger partial charge in [0.2, 0.25) is 5.91 Å². The number of halogens is 3. The lowest BCUT2D eigenvalue weighted by Crippen LogP contribution is -2.20. The summed E-state index contributed by atoms with van der Waals surface area (Å²) >= 11 is 0. The number of aromatic nitrogens is 3. The fourth-order valence-electron chi connectivity index (χ4n) is 2.71.